The predicted octanol–water partition coefficient (Wildman–Crippen LogP) is 1.66. The van der Waals surface area contributed by atoms with Crippen molar-refractivity contribution < 1.29 is 4.74 Å². The highest BCUT2D eigenvalue weighted by Gasteiger charge is 2.00. The molecule has 0 atom stereocenters. The van der Waals surface area contributed by atoms with Gasteiger partial charge in [-0.15, -0.1) is 5.10 Å². The summed E-state index contributed by atoms with van der Waals surface area (Å²) in [5, 5.41) is 8.32. The van der Waals surface area contributed by atoms with Gasteiger partial charge >= 0.3 is 0 Å². The molecule has 0 N–H and O–H groups in total. The lowest BCUT2D eigenvalue weighted by molar-refractivity contribution is 0.335. The molecule has 0 fully saturated rings. The Balaban J connectivity index is 2.59. The average Bonchev–Trinajstić information content (AvgIpc) is 2.37. The Bertz CT molecular complexity index is 201. The molecule has 0 unspecified atom stereocenters. The molecule has 56 valence electrons. The highest BCUT2D eigenvalue weighted by atomic mass is 32.2. The molecule has 0 saturated carbocycles. The standard InChI is InChI=1S/C5H8N2OS2/c1-3-8-4-6-7-5(9-2)10-4/h3H2,1-2H3. The smallest absolute Gasteiger partial charge is 0.294 e. The highest BCUT2D eigenvalue weighted by molar-refractivity contribution is 8.00. The number of hydrogen-bond donors (Lipinski definition) is 0. The summed E-state index contributed by atoms with van der Waals surface area (Å²) >= 11 is 3.06. The van der Waals surface area contributed by atoms with E-state index in [1.165, 1.54) is 11.3 Å². The summed E-state index contributed by atoms with van der Waals surface area (Å²) in [6.45, 7) is 2.59. The van der Waals surface area contributed by atoms with Gasteiger partial charge in [-0.3, -0.25) is 0 Å². The zero-order valence-corrected chi connectivity index (χ0v) is 7.46. The van der Waals surface area contributed by atoms with E-state index in [9.17, 15) is 0 Å². The molecule has 1 rings (SSSR count). The van der Waals surface area contributed by atoms with Crippen LogP contribution in [0.1, 0.15) is 6.92 Å². The van der Waals surface area contributed by atoms with Gasteiger partial charge in [0.05, 0.1) is 6.61 Å². The fourth-order valence-electron chi connectivity index (χ4n) is 0.461. The van der Waals surface area contributed by atoms with Crippen molar-refractivity contribution in [3.8, 4) is 5.19 Å². The Morgan fingerprint density at radius 3 is 2.90 bits per heavy atom. The average molecular weight is 176 g/mol. The van der Waals surface area contributed by atoms with Crippen molar-refractivity contribution >= 4 is 23.1 Å². The normalized spacial score (nSPS) is 9.80. The third-order valence-corrected chi connectivity index (χ3v) is 2.64. The van der Waals surface area contributed by atoms with Gasteiger partial charge < -0.3 is 4.74 Å². The number of rotatable bonds is 3. The van der Waals surface area contributed by atoms with Crippen LogP contribution in [0.4, 0.5) is 0 Å². The molecule has 0 bridgehead atoms. The lowest BCUT2D eigenvalue weighted by atomic mass is 10.9. The van der Waals surface area contributed by atoms with Crippen molar-refractivity contribution in [1.82, 2.24) is 10.2 Å². The minimum absolute atomic E-state index is 0.656. The molecule has 1 aromatic rings. The van der Waals surface area contributed by atoms with Crippen molar-refractivity contribution in [2.75, 3.05) is 12.9 Å². The van der Waals surface area contributed by atoms with E-state index < -0.39 is 0 Å². The van der Waals surface area contributed by atoms with Crippen LogP contribution in [0.15, 0.2) is 4.34 Å². The first-order valence-electron chi connectivity index (χ1n) is 2.87. The van der Waals surface area contributed by atoms with E-state index in [4.69, 9.17) is 4.74 Å². The Hall–Kier alpha value is -0.290. The number of ether oxygens (including phenoxy) is 1. The molecular formula is C5H8N2OS2. The summed E-state index contributed by atoms with van der Waals surface area (Å²) in [5.41, 5.74) is 0. The summed E-state index contributed by atoms with van der Waals surface area (Å²) < 4.78 is 6.07. The van der Waals surface area contributed by atoms with E-state index in [0.29, 0.717) is 11.8 Å². The summed E-state index contributed by atoms with van der Waals surface area (Å²) in [6, 6.07) is 0. The molecule has 1 aromatic heterocycles. The van der Waals surface area contributed by atoms with E-state index >= 15 is 0 Å². The lowest BCUT2D eigenvalue weighted by Gasteiger charge is -1.90. The molecule has 0 aliphatic carbocycles. The summed E-state index contributed by atoms with van der Waals surface area (Å²) in [5.74, 6) is 0. The summed E-state index contributed by atoms with van der Waals surface area (Å²) in [6.07, 6.45) is 1.97. The first kappa shape index (κ1) is 7.81. The van der Waals surface area contributed by atoms with Gasteiger partial charge in [-0.25, -0.2) is 0 Å². The van der Waals surface area contributed by atoms with Crippen LogP contribution in [-0.4, -0.2) is 23.1 Å². The molecule has 0 aromatic carbocycles. The molecule has 0 spiro atoms. The quantitative estimate of drug-likeness (QED) is 0.656. The first-order chi connectivity index (χ1) is 4.86. The molecule has 0 amide bonds. The van der Waals surface area contributed by atoms with Crippen molar-refractivity contribution in [3.05, 3.63) is 0 Å². The fraction of sp³-hybridized carbons (Fsp3) is 0.600. The number of thioether (sulfide) groups is 1. The van der Waals surface area contributed by atoms with Crippen LogP contribution in [-0.2, 0) is 0 Å². The number of aromatic nitrogens is 2. The number of hydrogen-bond acceptors (Lipinski definition) is 5. The molecule has 0 saturated heterocycles. The van der Waals surface area contributed by atoms with Crippen molar-refractivity contribution in [2.45, 2.75) is 11.3 Å². The Morgan fingerprint density at radius 1 is 1.60 bits per heavy atom. The Labute approximate surface area is 67.8 Å². The van der Waals surface area contributed by atoms with E-state index in [1.807, 2.05) is 13.2 Å². The number of nitrogens with zero attached hydrogens (tertiary/aromatic N) is 2. The molecule has 5 heteroatoms. The molecule has 10 heavy (non-hydrogen) atoms. The summed E-state index contributed by atoms with van der Waals surface area (Å²) in [4.78, 5) is 0. The minimum atomic E-state index is 0.656. The van der Waals surface area contributed by atoms with Crippen LogP contribution in [0.3, 0.4) is 0 Å². The second-order valence-electron chi connectivity index (χ2n) is 1.47. The van der Waals surface area contributed by atoms with Crippen LogP contribution >= 0.6 is 23.1 Å². The lowest BCUT2D eigenvalue weighted by Crippen LogP contribution is -1.89. The van der Waals surface area contributed by atoms with E-state index in [1.54, 1.807) is 11.8 Å². The molecule has 1 heterocycles. The zero-order valence-electron chi connectivity index (χ0n) is 5.83. The van der Waals surface area contributed by atoms with Crippen LogP contribution in [0.25, 0.3) is 0 Å². The molecule has 0 aliphatic rings. The Morgan fingerprint density at radius 2 is 2.40 bits per heavy atom. The SMILES string of the molecule is CCOc1nnc(SC)s1. The van der Waals surface area contributed by atoms with Gasteiger partial charge in [-0.1, -0.05) is 16.9 Å². The third kappa shape index (κ3) is 1.85. The second-order valence-corrected chi connectivity index (χ2v) is 3.46. The first-order valence-corrected chi connectivity index (χ1v) is 4.91. The maximum atomic E-state index is 5.12. The topological polar surface area (TPSA) is 35.0 Å². The van der Waals surface area contributed by atoms with Gasteiger partial charge in [0.1, 0.15) is 0 Å². The van der Waals surface area contributed by atoms with Gasteiger partial charge in [0, 0.05) is 0 Å². The van der Waals surface area contributed by atoms with Crippen molar-refractivity contribution in [1.29, 1.82) is 0 Å². The van der Waals surface area contributed by atoms with E-state index in [-0.39, 0.29) is 0 Å². The van der Waals surface area contributed by atoms with Gasteiger partial charge in [0.2, 0.25) is 0 Å². The third-order valence-electron chi connectivity index (χ3n) is 0.830. The molecule has 0 aliphatic heterocycles. The van der Waals surface area contributed by atoms with Crippen LogP contribution in [0, 0.1) is 0 Å². The van der Waals surface area contributed by atoms with E-state index in [0.717, 1.165) is 4.34 Å². The van der Waals surface area contributed by atoms with Gasteiger partial charge in [0.15, 0.2) is 4.34 Å². The Kier molecular flexibility index (Phi) is 2.95. The van der Waals surface area contributed by atoms with Crippen molar-refractivity contribution in [2.24, 2.45) is 0 Å². The van der Waals surface area contributed by atoms with Crippen molar-refractivity contribution in [3.63, 3.8) is 0 Å². The van der Waals surface area contributed by atoms with Gasteiger partial charge in [-0.2, -0.15) is 0 Å². The monoisotopic (exact) mass is 176 g/mol. The predicted molar refractivity (Wildman–Crippen MR) is 42.9 cm³/mol. The van der Waals surface area contributed by atoms with Gasteiger partial charge in [-0.05, 0) is 24.5 Å². The molecule has 3 nitrogen and oxygen atoms in total. The zero-order chi connectivity index (χ0) is 7.40. The van der Waals surface area contributed by atoms with Crippen LogP contribution < -0.4 is 4.74 Å². The highest BCUT2D eigenvalue weighted by Crippen LogP contribution is 2.24. The van der Waals surface area contributed by atoms with E-state index in [2.05, 4.69) is 10.2 Å². The second kappa shape index (κ2) is 3.78. The largest absolute Gasteiger partial charge is 0.469 e. The van der Waals surface area contributed by atoms with Crippen LogP contribution in [0.5, 0.6) is 5.19 Å². The van der Waals surface area contributed by atoms with Gasteiger partial charge in [0.25, 0.3) is 5.19 Å². The molecular weight excluding hydrogens is 168 g/mol. The fourth-order valence-corrected chi connectivity index (χ4v) is 1.62. The maximum Gasteiger partial charge on any atom is 0.294 e. The van der Waals surface area contributed by atoms with Crippen LogP contribution in [0.2, 0.25) is 0 Å². The molecule has 0 radical (unpaired) electrons. The maximum absolute atomic E-state index is 5.12. The summed E-state index contributed by atoms with van der Waals surface area (Å²) in [7, 11) is 0. The minimum Gasteiger partial charge on any atom is -0.469 e.